The minimum absolute atomic E-state index is 0.0207. The van der Waals surface area contributed by atoms with E-state index in [1.165, 1.54) is 5.56 Å². The van der Waals surface area contributed by atoms with E-state index in [1.54, 1.807) is 0 Å². The number of benzene rings is 1. The highest BCUT2D eigenvalue weighted by molar-refractivity contribution is 5.74. The van der Waals surface area contributed by atoms with Crippen molar-refractivity contribution in [2.45, 2.75) is 19.4 Å². The first-order valence-corrected chi connectivity index (χ1v) is 4.65. The zero-order valence-corrected chi connectivity index (χ0v) is 8.58. The normalized spacial score (nSPS) is 12.4. The van der Waals surface area contributed by atoms with Gasteiger partial charge >= 0.3 is 0 Å². The van der Waals surface area contributed by atoms with Crippen LogP contribution in [0.3, 0.4) is 0 Å². The van der Waals surface area contributed by atoms with Gasteiger partial charge in [-0.25, -0.2) is 0 Å². The minimum Gasteiger partial charge on any atom is -0.370 e. The van der Waals surface area contributed by atoms with E-state index >= 15 is 0 Å². The molecule has 1 aromatic rings. The number of hydrogen-bond acceptors (Lipinski definition) is 2. The Hall–Kier alpha value is -1.35. The lowest BCUT2D eigenvalue weighted by Gasteiger charge is -2.15. The summed E-state index contributed by atoms with van der Waals surface area (Å²) in [6, 6.07) is 8.09. The van der Waals surface area contributed by atoms with E-state index in [4.69, 9.17) is 5.73 Å². The van der Waals surface area contributed by atoms with E-state index in [1.807, 2.05) is 32.2 Å². The van der Waals surface area contributed by atoms with Crippen LogP contribution in [-0.4, -0.2) is 13.0 Å². The summed E-state index contributed by atoms with van der Waals surface area (Å²) < 4.78 is 0. The molecule has 1 amide bonds. The van der Waals surface area contributed by atoms with Gasteiger partial charge in [-0.05, 0) is 19.5 Å². The molecule has 76 valence electrons. The number of nitrogens with two attached hydrogens (primary N) is 1. The largest absolute Gasteiger partial charge is 0.370 e. The molecule has 1 unspecified atom stereocenters. The standard InChI is InChI=1S/C11H16N2O/c1-8-4-3-5-9(6-8)10(13-2)7-11(12)14/h3-6,10,13H,7H2,1-2H3,(H2,12,14). The summed E-state index contributed by atoms with van der Waals surface area (Å²) in [4.78, 5) is 10.8. The highest BCUT2D eigenvalue weighted by atomic mass is 16.1. The Balaban J connectivity index is 2.83. The molecule has 3 nitrogen and oxygen atoms in total. The van der Waals surface area contributed by atoms with Crippen molar-refractivity contribution in [3.05, 3.63) is 35.4 Å². The lowest BCUT2D eigenvalue weighted by atomic mass is 10.0. The number of aryl methyl sites for hydroxylation is 1. The maximum atomic E-state index is 10.8. The maximum Gasteiger partial charge on any atom is 0.219 e. The average molecular weight is 192 g/mol. The van der Waals surface area contributed by atoms with E-state index in [9.17, 15) is 4.79 Å². The first-order chi connectivity index (χ1) is 6.63. The van der Waals surface area contributed by atoms with Gasteiger partial charge in [0, 0.05) is 12.5 Å². The summed E-state index contributed by atoms with van der Waals surface area (Å²) in [5, 5.41) is 3.08. The molecule has 1 atom stereocenters. The molecular weight excluding hydrogens is 176 g/mol. The number of amides is 1. The molecule has 1 aromatic carbocycles. The number of hydrogen-bond donors (Lipinski definition) is 2. The van der Waals surface area contributed by atoms with Crippen molar-refractivity contribution >= 4 is 5.91 Å². The molecule has 3 heteroatoms. The molecule has 0 fully saturated rings. The lowest BCUT2D eigenvalue weighted by Crippen LogP contribution is -2.23. The Kier molecular flexibility index (Phi) is 3.65. The molecule has 0 bridgehead atoms. The van der Waals surface area contributed by atoms with E-state index in [2.05, 4.69) is 11.4 Å². The average Bonchev–Trinajstić information content (AvgIpc) is 2.14. The van der Waals surface area contributed by atoms with Gasteiger partial charge in [-0.1, -0.05) is 29.8 Å². The fourth-order valence-corrected chi connectivity index (χ4v) is 1.47. The highest BCUT2D eigenvalue weighted by Gasteiger charge is 2.11. The Labute approximate surface area is 84.3 Å². The number of primary amides is 1. The molecule has 3 N–H and O–H groups in total. The Bertz CT molecular complexity index is 323. The Morgan fingerprint density at radius 1 is 1.57 bits per heavy atom. The van der Waals surface area contributed by atoms with Crippen LogP contribution in [0.15, 0.2) is 24.3 Å². The van der Waals surface area contributed by atoms with Crippen LogP contribution in [0.2, 0.25) is 0 Å². The summed E-state index contributed by atoms with van der Waals surface area (Å²) in [6.07, 6.45) is 0.333. The second-order valence-corrected chi connectivity index (χ2v) is 3.43. The number of carbonyl (C=O) groups excluding carboxylic acids is 1. The molecule has 0 saturated heterocycles. The van der Waals surface area contributed by atoms with Gasteiger partial charge in [0.25, 0.3) is 0 Å². The van der Waals surface area contributed by atoms with Gasteiger partial charge in [0.2, 0.25) is 5.91 Å². The van der Waals surface area contributed by atoms with Gasteiger partial charge in [-0.3, -0.25) is 4.79 Å². The van der Waals surface area contributed by atoms with Crippen molar-refractivity contribution in [1.29, 1.82) is 0 Å². The van der Waals surface area contributed by atoms with Crippen molar-refractivity contribution in [3.8, 4) is 0 Å². The van der Waals surface area contributed by atoms with Crippen LogP contribution >= 0.6 is 0 Å². The molecule has 0 aliphatic rings. The third-order valence-electron chi connectivity index (χ3n) is 2.20. The van der Waals surface area contributed by atoms with Gasteiger partial charge in [0.15, 0.2) is 0 Å². The number of carbonyl (C=O) groups is 1. The first kappa shape index (κ1) is 10.7. The predicted molar refractivity (Wildman–Crippen MR) is 56.8 cm³/mol. The second kappa shape index (κ2) is 4.77. The quantitative estimate of drug-likeness (QED) is 0.751. The summed E-state index contributed by atoms with van der Waals surface area (Å²) in [5.41, 5.74) is 7.46. The fraction of sp³-hybridized carbons (Fsp3) is 0.364. The lowest BCUT2D eigenvalue weighted by molar-refractivity contribution is -0.118. The molecular formula is C11H16N2O. The molecule has 0 aliphatic carbocycles. The molecule has 0 aliphatic heterocycles. The fourth-order valence-electron chi connectivity index (χ4n) is 1.47. The SMILES string of the molecule is CNC(CC(N)=O)c1cccc(C)c1. The van der Waals surface area contributed by atoms with Crippen LogP contribution in [0, 0.1) is 6.92 Å². The van der Waals surface area contributed by atoms with Crippen molar-refractivity contribution < 1.29 is 4.79 Å². The van der Waals surface area contributed by atoms with E-state index in [-0.39, 0.29) is 11.9 Å². The van der Waals surface area contributed by atoms with Gasteiger partial charge in [0.05, 0.1) is 0 Å². The van der Waals surface area contributed by atoms with Gasteiger partial charge < -0.3 is 11.1 Å². The second-order valence-electron chi connectivity index (χ2n) is 3.43. The van der Waals surface area contributed by atoms with Crippen molar-refractivity contribution in [2.75, 3.05) is 7.05 Å². The zero-order valence-electron chi connectivity index (χ0n) is 8.58. The molecule has 0 aromatic heterocycles. The van der Waals surface area contributed by atoms with Crippen molar-refractivity contribution in [3.63, 3.8) is 0 Å². The van der Waals surface area contributed by atoms with Crippen LogP contribution in [0.1, 0.15) is 23.6 Å². The third-order valence-corrected chi connectivity index (χ3v) is 2.20. The molecule has 0 saturated carbocycles. The van der Waals surface area contributed by atoms with E-state index < -0.39 is 0 Å². The summed E-state index contributed by atoms with van der Waals surface area (Å²) in [5.74, 6) is -0.286. The summed E-state index contributed by atoms with van der Waals surface area (Å²) in [6.45, 7) is 2.03. The number of rotatable bonds is 4. The van der Waals surface area contributed by atoms with Crippen molar-refractivity contribution in [1.82, 2.24) is 5.32 Å². The summed E-state index contributed by atoms with van der Waals surface area (Å²) in [7, 11) is 1.83. The molecule has 14 heavy (non-hydrogen) atoms. The topological polar surface area (TPSA) is 55.1 Å². The van der Waals surface area contributed by atoms with E-state index in [0.717, 1.165) is 5.56 Å². The van der Waals surface area contributed by atoms with E-state index in [0.29, 0.717) is 6.42 Å². The van der Waals surface area contributed by atoms with Gasteiger partial charge in [0.1, 0.15) is 0 Å². The predicted octanol–water partition coefficient (Wildman–Crippen LogP) is 1.13. The Morgan fingerprint density at radius 2 is 2.29 bits per heavy atom. The van der Waals surface area contributed by atoms with Gasteiger partial charge in [-0.2, -0.15) is 0 Å². The molecule has 0 heterocycles. The van der Waals surface area contributed by atoms with Crippen LogP contribution in [-0.2, 0) is 4.79 Å². The highest BCUT2D eigenvalue weighted by Crippen LogP contribution is 2.16. The van der Waals surface area contributed by atoms with Crippen molar-refractivity contribution in [2.24, 2.45) is 5.73 Å². The number of nitrogens with one attached hydrogen (secondary N) is 1. The monoisotopic (exact) mass is 192 g/mol. The van der Waals surface area contributed by atoms with Crippen LogP contribution in [0.25, 0.3) is 0 Å². The van der Waals surface area contributed by atoms with Crippen LogP contribution in [0.5, 0.6) is 0 Å². The maximum absolute atomic E-state index is 10.8. The molecule has 1 rings (SSSR count). The third kappa shape index (κ3) is 2.85. The molecule has 0 radical (unpaired) electrons. The smallest absolute Gasteiger partial charge is 0.219 e. The minimum atomic E-state index is -0.286. The zero-order chi connectivity index (χ0) is 10.6. The molecule has 0 spiro atoms. The van der Waals surface area contributed by atoms with Gasteiger partial charge in [-0.15, -0.1) is 0 Å². The Morgan fingerprint density at radius 3 is 2.79 bits per heavy atom. The first-order valence-electron chi connectivity index (χ1n) is 4.65. The van der Waals surface area contributed by atoms with Crippen LogP contribution < -0.4 is 11.1 Å². The summed E-state index contributed by atoms with van der Waals surface area (Å²) >= 11 is 0. The van der Waals surface area contributed by atoms with Crippen LogP contribution in [0.4, 0.5) is 0 Å².